The summed E-state index contributed by atoms with van der Waals surface area (Å²) in [6, 6.07) is 114. The van der Waals surface area contributed by atoms with E-state index in [4.69, 9.17) is 0 Å². The monoisotopic (exact) mass is 1480 g/mol. The van der Waals surface area contributed by atoms with Crippen LogP contribution in [0.5, 0.6) is 0 Å². The van der Waals surface area contributed by atoms with Crippen LogP contribution in [-0.2, 0) is 21.7 Å². The van der Waals surface area contributed by atoms with Gasteiger partial charge in [-0.25, -0.2) is 0 Å². The molecule has 0 radical (unpaired) electrons. The summed E-state index contributed by atoms with van der Waals surface area (Å²) in [4.78, 5) is 5.50. The Morgan fingerprint density at radius 2 is 0.530 bits per heavy atom. The molecule has 2 aliphatic carbocycles. The molecule has 4 heterocycles. The van der Waals surface area contributed by atoms with Gasteiger partial charge in [0.05, 0.1) is 22.1 Å². The molecular formula is C110H89BN4. The fraction of sp³-hybridized carbons (Fsp3) is 0.164. The lowest BCUT2D eigenvalue weighted by atomic mass is 9.33. The lowest BCUT2D eigenvalue weighted by Crippen LogP contribution is -2.55. The van der Waals surface area contributed by atoms with Gasteiger partial charge in [-0.1, -0.05) is 295 Å². The highest BCUT2D eigenvalue weighted by atomic mass is 15.2. The van der Waals surface area contributed by atoms with Crippen LogP contribution in [0.15, 0.2) is 314 Å². The summed E-state index contributed by atoms with van der Waals surface area (Å²) < 4.78 is 5.16. The maximum Gasteiger partial charge on any atom is 0.251 e. The Labute approximate surface area is 671 Å². The minimum absolute atomic E-state index is 0.0523. The second-order valence-electron chi connectivity index (χ2n) is 37.5. The van der Waals surface area contributed by atoms with Crippen molar-refractivity contribution in [1.82, 2.24) is 9.13 Å². The minimum Gasteiger partial charge on any atom is -0.314 e. The highest BCUT2D eigenvalue weighted by molar-refractivity contribution is 6.95. The van der Waals surface area contributed by atoms with Crippen molar-refractivity contribution in [3.8, 4) is 11.4 Å². The zero-order valence-corrected chi connectivity index (χ0v) is 67.5. The average molecular weight is 1480 g/mol. The Morgan fingerprint density at radius 1 is 0.243 bits per heavy atom. The molecule has 23 rings (SSSR count). The summed E-state index contributed by atoms with van der Waals surface area (Å²) in [7, 11) is 0. The fourth-order valence-electron chi connectivity index (χ4n) is 20.9. The molecule has 5 heteroatoms. The van der Waals surface area contributed by atoms with Gasteiger partial charge in [0.1, 0.15) is 0 Å². The third kappa shape index (κ3) is 9.92. The van der Waals surface area contributed by atoms with Crippen molar-refractivity contribution in [2.45, 2.75) is 105 Å². The zero-order chi connectivity index (χ0) is 77.8. The quantitative estimate of drug-likeness (QED) is 0.126. The Hall–Kier alpha value is -12.7. The van der Waals surface area contributed by atoms with E-state index in [1.54, 1.807) is 0 Å². The molecule has 1 atom stereocenters. The number of hydrogen-bond donors (Lipinski definition) is 0. The SMILES string of the molecule is CC(C)(C)c1ccc2c(c1)c1cc(C(C)(C)C)ccc1n2-c1ccc2c(c1)N(c1ccc3c4ccccc4c4ccccc4c3c1)C1=CC(C3C=c4c(c5ccccc5c5ccccc45)=C3)C3=C1B2c1ccc(-n2c4ccc(C(C)(C)C)cc4c4cc(C(C)(C)C)ccc42)cc1N3c1ccc2c3ccccc3c3ccccc3c2c1. The first-order chi connectivity index (χ1) is 55.6. The van der Waals surface area contributed by atoms with Gasteiger partial charge in [-0.3, -0.25) is 0 Å². The molecule has 2 aromatic heterocycles. The maximum absolute atomic E-state index is 2.78. The van der Waals surface area contributed by atoms with Gasteiger partial charge in [-0.05, 0) is 254 Å². The fourth-order valence-corrected chi connectivity index (χ4v) is 20.9. The molecule has 0 fully saturated rings. The van der Waals surface area contributed by atoms with E-state index in [1.165, 1.54) is 202 Å². The number of benzene rings is 17. The molecule has 2 aliphatic heterocycles. The van der Waals surface area contributed by atoms with E-state index in [9.17, 15) is 0 Å². The van der Waals surface area contributed by atoms with Crippen LogP contribution in [0.3, 0.4) is 0 Å². The van der Waals surface area contributed by atoms with Crippen molar-refractivity contribution >= 4 is 182 Å². The van der Waals surface area contributed by atoms with Crippen molar-refractivity contribution in [3.05, 3.63) is 347 Å². The largest absolute Gasteiger partial charge is 0.314 e. The second-order valence-corrected chi connectivity index (χ2v) is 37.5. The first kappa shape index (κ1) is 67.9. The van der Waals surface area contributed by atoms with Crippen molar-refractivity contribution in [1.29, 1.82) is 0 Å². The Bertz CT molecular complexity index is 7510. The van der Waals surface area contributed by atoms with Gasteiger partial charge in [-0.2, -0.15) is 0 Å². The van der Waals surface area contributed by atoms with Gasteiger partial charge in [-0.15, -0.1) is 0 Å². The standard InChI is InChI=1S/C110H89BN4/c1-107(2,3)65-37-49-98-92(55-65)93-56-66(108(4,5)6)38-50-99(93)112(98)71-43-47-96-102(61-71)114(69-41-45-85-79-31-15-13-25-73(79)75-27-19-23-35-83(75)90(85)59-69)104-63-87(64-53-88-81-33-21-17-29-77(81)78-30-18-22-34-82(78)89(88)54-64)106-105(104)111(96)97-48-44-72(113-100-51-39-67(109(7,8)9)57-94(100)95-58-68(110(10,11)12)40-52-101(95)113)62-103(97)115(106)70-42-46-86-80-32-16-14-26-74(80)76-28-20-24-36-84(76)91(86)60-70/h13-64,87H,1-12H3. The summed E-state index contributed by atoms with van der Waals surface area (Å²) in [5.41, 5.74) is 23.2. The number of anilines is 4. The molecule has 0 saturated carbocycles. The number of fused-ring (bicyclic) bond motifs is 28. The van der Waals surface area contributed by atoms with Crippen LogP contribution in [0.2, 0.25) is 0 Å². The lowest BCUT2D eigenvalue weighted by molar-refractivity contribution is 0.590. The van der Waals surface area contributed by atoms with Crippen LogP contribution in [0.4, 0.5) is 22.7 Å². The molecule has 0 spiro atoms. The Balaban J connectivity index is 0.860. The van der Waals surface area contributed by atoms with Crippen molar-refractivity contribution in [3.63, 3.8) is 0 Å². The third-order valence-corrected chi connectivity index (χ3v) is 26.7. The highest BCUT2D eigenvalue weighted by Crippen LogP contribution is 2.56. The van der Waals surface area contributed by atoms with Crippen LogP contribution < -0.4 is 31.2 Å². The van der Waals surface area contributed by atoms with Gasteiger partial charge in [0.25, 0.3) is 6.71 Å². The van der Waals surface area contributed by atoms with Gasteiger partial charge in [0, 0.05) is 78.9 Å². The van der Waals surface area contributed by atoms with E-state index < -0.39 is 0 Å². The molecule has 17 aromatic carbocycles. The van der Waals surface area contributed by atoms with Crippen LogP contribution in [0.1, 0.15) is 105 Å². The molecule has 115 heavy (non-hydrogen) atoms. The molecule has 0 saturated heterocycles. The Kier molecular flexibility index (Phi) is 14.1. The Morgan fingerprint density at radius 3 is 0.870 bits per heavy atom. The van der Waals surface area contributed by atoms with Crippen LogP contribution in [0.25, 0.3) is 153 Å². The molecule has 4 aliphatic rings. The predicted octanol–water partition coefficient (Wildman–Crippen LogP) is 26.4. The van der Waals surface area contributed by atoms with Gasteiger partial charge >= 0.3 is 0 Å². The molecular weight excluding hydrogens is 1390 g/mol. The predicted molar refractivity (Wildman–Crippen MR) is 495 cm³/mol. The number of aromatic nitrogens is 2. The molecule has 19 aromatic rings. The van der Waals surface area contributed by atoms with Crippen molar-refractivity contribution in [2.75, 3.05) is 9.80 Å². The molecule has 0 N–H and O–H groups in total. The van der Waals surface area contributed by atoms with Crippen molar-refractivity contribution < 1.29 is 0 Å². The highest BCUT2D eigenvalue weighted by Gasteiger charge is 2.51. The average Bonchev–Trinajstić information content (AvgIpc) is 1.58. The van der Waals surface area contributed by atoms with Gasteiger partial charge in [0.15, 0.2) is 0 Å². The lowest BCUT2D eigenvalue weighted by Gasteiger charge is -2.44. The number of nitrogens with zero attached hydrogens (tertiary/aromatic N) is 4. The van der Waals surface area contributed by atoms with E-state index in [-0.39, 0.29) is 40.2 Å². The molecule has 4 nitrogen and oxygen atoms in total. The molecule has 552 valence electrons. The summed E-state index contributed by atoms with van der Waals surface area (Å²) in [5.74, 6) is -0.221. The summed E-state index contributed by atoms with van der Waals surface area (Å²) in [5, 5.41) is 28.0. The summed E-state index contributed by atoms with van der Waals surface area (Å²) in [6.07, 6.45) is 8.06. The van der Waals surface area contributed by atoms with E-state index >= 15 is 0 Å². The zero-order valence-electron chi connectivity index (χ0n) is 67.5. The first-order valence-corrected chi connectivity index (χ1v) is 41.4. The smallest absolute Gasteiger partial charge is 0.251 e. The maximum atomic E-state index is 2.78. The molecule has 0 bridgehead atoms. The van der Waals surface area contributed by atoms with E-state index in [0.717, 1.165) is 22.7 Å². The summed E-state index contributed by atoms with van der Waals surface area (Å²) >= 11 is 0. The van der Waals surface area contributed by atoms with Gasteiger partial charge in [0.2, 0.25) is 0 Å². The van der Waals surface area contributed by atoms with Crippen molar-refractivity contribution in [2.24, 2.45) is 11.8 Å². The van der Waals surface area contributed by atoms with E-state index in [0.29, 0.717) is 0 Å². The van der Waals surface area contributed by atoms with Crippen LogP contribution in [-0.4, -0.2) is 15.8 Å². The number of hydrogen-bond acceptors (Lipinski definition) is 2. The van der Waals surface area contributed by atoms with Gasteiger partial charge < -0.3 is 18.9 Å². The number of rotatable bonds is 5. The van der Waals surface area contributed by atoms with Crippen LogP contribution in [0, 0.1) is 11.8 Å². The normalized spacial score (nSPS) is 15.3. The van der Waals surface area contributed by atoms with Crippen LogP contribution >= 0.6 is 0 Å². The summed E-state index contributed by atoms with van der Waals surface area (Å²) in [6.45, 7) is 27.9. The molecule has 0 amide bonds. The minimum atomic E-state index is -0.198. The molecule has 1 unspecified atom stereocenters. The first-order valence-electron chi connectivity index (χ1n) is 41.4. The third-order valence-electron chi connectivity index (χ3n) is 26.7. The second kappa shape index (κ2) is 23.9. The van der Waals surface area contributed by atoms with E-state index in [2.05, 4.69) is 411 Å². The number of allylic oxidation sites excluding steroid dienone is 2. The van der Waals surface area contributed by atoms with E-state index in [1.807, 2.05) is 0 Å². The topological polar surface area (TPSA) is 16.3 Å².